The normalized spacial score (nSPS) is 18.3. The highest BCUT2D eigenvalue weighted by Crippen LogP contribution is 2.18. The topological polar surface area (TPSA) is 62.3 Å². The van der Waals surface area contributed by atoms with E-state index in [0.717, 1.165) is 32.0 Å². The third-order valence-electron chi connectivity index (χ3n) is 3.84. The van der Waals surface area contributed by atoms with Crippen molar-refractivity contribution >= 4 is 10.0 Å². The summed E-state index contributed by atoms with van der Waals surface area (Å²) in [6, 6.07) is 2.59. The summed E-state index contributed by atoms with van der Waals surface area (Å²) in [6.45, 7) is 6.39. The molecule has 0 aliphatic carbocycles. The van der Waals surface area contributed by atoms with Crippen molar-refractivity contribution in [2.45, 2.75) is 37.8 Å². The molecule has 1 unspecified atom stereocenters. The van der Waals surface area contributed by atoms with Crippen molar-refractivity contribution in [3.05, 3.63) is 24.1 Å². The number of hydrogen-bond acceptors (Lipinski definition) is 4. The van der Waals surface area contributed by atoms with E-state index in [1.54, 1.807) is 0 Å². The van der Waals surface area contributed by atoms with Crippen molar-refractivity contribution < 1.29 is 12.8 Å². The fourth-order valence-electron chi connectivity index (χ4n) is 2.69. The lowest BCUT2D eigenvalue weighted by molar-refractivity contribution is 0.193. The minimum Gasteiger partial charge on any atom is -0.299 e. The van der Waals surface area contributed by atoms with Crippen molar-refractivity contribution in [3.63, 3.8) is 0 Å². The van der Waals surface area contributed by atoms with E-state index in [1.807, 2.05) is 0 Å². The molecule has 1 fully saturated rings. The van der Waals surface area contributed by atoms with Crippen LogP contribution in [0.15, 0.2) is 23.4 Å². The van der Waals surface area contributed by atoms with Gasteiger partial charge in [-0.15, -0.1) is 0 Å². The number of nitrogens with one attached hydrogen (secondary N) is 1. The van der Waals surface area contributed by atoms with E-state index < -0.39 is 20.9 Å². The maximum atomic E-state index is 13.6. The van der Waals surface area contributed by atoms with Crippen LogP contribution in [0.1, 0.15) is 26.7 Å². The zero-order valence-corrected chi connectivity index (χ0v) is 13.2. The Hall–Kier alpha value is -1.05. The molecular formula is C14H22FN3O2S. The number of halogens is 1. The summed E-state index contributed by atoms with van der Waals surface area (Å²) in [6.07, 6.45) is 3.56. The van der Waals surface area contributed by atoms with Crippen LogP contribution in [0, 0.1) is 11.7 Å². The number of sulfonamides is 1. The second kappa shape index (κ2) is 6.81. The van der Waals surface area contributed by atoms with E-state index in [0.29, 0.717) is 5.92 Å². The summed E-state index contributed by atoms with van der Waals surface area (Å²) in [5, 5.41) is -0.533. The SMILES string of the molecule is CC(C)C(CNS(=O)(=O)c1ncccc1F)N1CCCC1. The highest BCUT2D eigenvalue weighted by Gasteiger charge is 2.27. The van der Waals surface area contributed by atoms with Crippen molar-refractivity contribution in [1.82, 2.24) is 14.6 Å². The largest absolute Gasteiger partial charge is 0.299 e. The average Bonchev–Trinajstić information content (AvgIpc) is 2.92. The Morgan fingerprint density at radius 3 is 2.62 bits per heavy atom. The second-order valence-electron chi connectivity index (χ2n) is 5.70. The molecule has 2 heterocycles. The van der Waals surface area contributed by atoms with Crippen LogP contribution in [0.3, 0.4) is 0 Å². The predicted octanol–water partition coefficient (Wildman–Crippen LogP) is 1.62. The van der Waals surface area contributed by atoms with Crippen molar-refractivity contribution in [2.75, 3.05) is 19.6 Å². The zero-order chi connectivity index (χ0) is 15.5. The Balaban J connectivity index is 2.08. The van der Waals surface area contributed by atoms with Gasteiger partial charge in [0.2, 0.25) is 5.03 Å². The summed E-state index contributed by atoms with van der Waals surface area (Å²) in [5.41, 5.74) is 0. The Morgan fingerprint density at radius 2 is 2.05 bits per heavy atom. The smallest absolute Gasteiger partial charge is 0.261 e. The van der Waals surface area contributed by atoms with Gasteiger partial charge in [-0.25, -0.2) is 22.5 Å². The monoisotopic (exact) mass is 315 g/mol. The molecule has 1 N–H and O–H groups in total. The van der Waals surface area contributed by atoms with Gasteiger partial charge >= 0.3 is 0 Å². The van der Waals surface area contributed by atoms with Gasteiger partial charge in [-0.3, -0.25) is 4.90 Å². The summed E-state index contributed by atoms with van der Waals surface area (Å²) in [7, 11) is -3.91. The van der Waals surface area contributed by atoms with Crippen molar-refractivity contribution in [1.29, 1.82) is 0 Å². The molecule has 0 aromatic carbocycles. The molecule has 0 spiro atoms. The molecule has 1 saturated heterocycles. The lowest BCUT2D eigenvalue weighted by atomic mass is 10.0. The van der Waals surface area contributed by atoms with Crippen LogP contribution >= 0.6 is 0 Å². The van der Waals surface area contributed by atoms with Crippen LogP contribution in [0.2, 0.25) is 0 Å². The van der Waals surface area contributed by atoms with Gasteiger partial charge in [-0.05, 0) is 44.0 Å². The molecule has 0 bridgehead atoms. The molecule has 7 heteroatoms. The van der Waals surface area contributed by atoms with Gasteiger partial charge in [0.25, 0.3) is 10.0 Å². The molecule has 118 valence electrons. The number of nitrogens with zero attached hydrogens (tertiary/aromatic N) is 2. The highest BCUT2D eigenvalue weighted by molar-refractivity contribution is 7.89. The first kappa shape index (κ1) is 16.3. The zero-order valence-electron chi connectivity index (χ0n) is 12.4. The third-order valence-corrected chi connectivity index (χ3v) is 5.20. The maximum Gasteiger partial charge on any atom is 0.261 e. The Bertz CT molecular complexity index is 571. The summed E-state index contributed by atoms with van der Waals surface area (Å²) < 4.78 is 40.4. The maximum absolute atomic E-state index is 13.6. The number of rotatable bonds is 6. The second-order valence-corrected chi connectivity index (χ2v) is 7.38. The first-order valence-corrected chi connectivity index (χ1v) is 8.74. The molecule has 1 aliphatic heterocycles. The van der Waals surface area contributed by atoms with Crippen molar-refractivity contribution in [2.24, 2.45) is 5.92 Å². The van der Waals surface area contributed by atoms with Gasteiger partial charge in [0.1, 0.15) is 0 Å². The third kappa shape index (κ3) is 3.99. The van der Waals surface area contributed by atoms with Crippen LogP contribution in [0.25, 0.3) is 0 Å². The van der Waals surface area contributed by atoms with E-state index in [-0.39, 0.29) is 12.6 Å². The molecule has 2 rings (SSSR count). The minimum atomic E-state index is -3.91. The summed E-state index contributed by atoms with van der Waals surface area (Å²) in [5.74, 6) is -0.508. The lowest BCUT2D eigenvalue weighted by Gasteiger charge is -2.30. The molecule has 1 aromatic rings. The number of likely N-dealkylation sites (tertiary alicyclic amines) is 1. The molecule has 0 amide bonds. The van der Waals surface area contributed by atoms with Crippen molar-refractivity contribution in [3.8, 4) is 0 Å². The van der Waals surface area contributed by atoms with Gasteiger partial charge in [0, 0.05) is 18.8 Å². The Labute approximate surface area is 125 Å². The van der Waals surface area contributed by atoms with Gasteiger partial charge in [-0.1, -0.05) is 13.8 Å². The molecular weight excluding hydrogens is 293 g/mol. The number of hydrogen-bond donors (Lipinski definition) is 1. The quantitative estimate of drug-likeness (QED) is 0.866. The van der Waals surface area contributed by atoms with E-state index in [4.69, 9.17) is 0 Å². The van der Waals surface area contributed by atoms with Crippen LogP contribution in [0.4, 0.5) is 4.39 Å². The van der Waals surface area contributed by atoms with Gasteiger partial charge in [0.15, 0.2) is 5.82 Å². The predicted molar refractivity (Wildman–Crippen MR) is 78.8 cm³/mol. The van der Waals surface area contributed by atoms with Crippen LogP contribution in [-0.2, 0) is 10.0 Å². The fourth-order valence-corrected chi connectivity index (χ4v) is 3.74. The van der Waals surface area contributed by atoms with E-state index >= 15 is 0 Å². The minimum absolute atomic E-state index is 0.119. The molecule has 1 atom stereocenters. The molecule has 1 aromatic heterocycles. The molecule has 1 aliphatic rings. The Morgan fingerprint density at radius 1 is 1.38 bits per heavy atom. The highest BCUT2D eigenvalue weighted by atomic mass is 32.2. The molecule has 5 nitrogen and oxygen atoms in total. The first-order valence-electron chi connectivity index (χ1n) is 7.26. The van der Waals surface area contributed by atoms with E-state index in [2.05, 4.69) is 28.5 Å². The van der Waals surface area contributed by atoms with Crippen LogP contribution < -0.4 is 4.72 Å². The molecule has 0 radical (unpaired) electrons. The van der Waals surface area contributed by atoms with Crippen LogP contribution in [0.5, 0.6) is 0 Å². The van der Waals surface area contributed by atoms with Crippen LogP contribution in [-0.4, -0.2) is 44.0 Å². The lowest BCUT2D eigenvalue weighted by Crippen LogP contribution is -2.45. The fraction of sp³-hybridized carbons (Fsp3) is 0.643. The molecule has 21 heavy (non-hydrogen) atoms. The Kier molecular flexibility index (Phi) is 5.29. The number of aromatic nitrogens is 1. The summed E-state index contributed by atoms with van der Waals surface area (Å²) >= 11 is 0. The first-order chi connectivity index (χ1) is 9.92. The van der Waals surface area contributed by atoms with Gasteiger partial charge < -0.3 is 0 Å². The summed E-state index contributed by atoms with van der Waals surface area (Å²) in [4.78, 5) is 5.92. The van der Waals surface area contributed by atoms with E-state index in [9.17, 15) is 12.8 Å². The van der Waals surface area contributed by atoms with E-state index in [1.165, 1.54) is 12.3 Å². The standard InChI is InChI=1S/C14H22FN3O2S/c1-11(2)13(18-8-3-4-9-18)10-17-21(19,20)14-12(15)6-5-7-16-14/h5-7,11,13,17H,3-4,8-10H2,1-2H3. The number of pyridine rings is 1. The van der Waals surface area contributed by atoms with Gasteiger partial charge in [-0.2, -0.15) is 0 Å². The average molecular weight is 315 g/mol. The molecule has 0 saturated carbocycles. The van der Waals surface area contributed by atoms with Gasteiger partial charge in [0.05, 0.1) is 0 Å².